The second-order valence-corrected chi connectivity index (χ2v) is 33.2. The molecule has 13 atom stereocenters. The van der Waals surface area contributed by atoms with Crippen molar-refractivity contribution in [2.24, 2.45) is 41.4 Å². The number of nitrogens with zero attached hydrogens (tertiary/aromatic N) is 9. The summed E-state index contributed by atoms with van der Waals surface area (Å²) in [4.78, 5) is 193. The molecule has 0 radical (unpaired) electrons. The number of nitrogens with one attached hydrogen (secondary N) is 3. The number of alkyl halides is 4. The van der Waals surface area contributed by atoms with E-state index in [0.717, 1.165) is 54.7 Å². The average molecular weight is 1490 g/mol. The van der Waals surface area contributed by atoms with Crippen molar-refractivity contribution >= 4 is 82.5 Å². The minimum Gasteiger partial charge on any atom is -0.377 e. The molecule has 4 saturated carbocycles. The molecule has 12 amide bonds. The number of carbonyl (C=O) groups is 12. The molecule has 0 aromatic heterocycles. The van der Waals surface area contributed by atoms with Crippen LogP contribution in [-0.4, -0.2) is 275 Å². The second kappa shape index (κ2) is 36.5. The molecule has 4 aliphatic heterocycles. The van der Waals surface area contributed by atoms with Gasteiger partial charge >= 0.3 is 6.18 Å². The van der Waals surface area contributed by atoms with Gasteiger partial charge in [0, 0.05) is 61.3 Å². The van der Waals surface area contributed by atoms with Crippen molar-refractivity contribution in [3.05, 3.63) is 0 Å². The fourth-order valence-electron chi connectivity index (χ4n) is 17.8. The lowest BCUT2D eigenvalue weighted by Crippen LogP contribution is -2.65. The fourth-order valence-corrected chi connectivity index (χ4v) is 18.3. The molecule has 4 heterocycles. The topological polar surface area (TPSA) is 279 Å². The van der Waals surface area contributed by atoms with Gasteiger partial charge in [0.25, 0.3) is 0 Å². The normalized spacial score (nSPS) is 32.5. The first-order valence-electron chi connectivity index (χ1n) is 38.7. The lowest BCUT2D eigenvalue weighted by molar-refractivity contribution is -0.182. The molecule has 586 valence electrons. The number of hydrogen-bond acceptors (Lipinski definition) is 13. The Hall–Kier alpha value is -6.32. The summed E-state index contributed by atoms with van der Waals surface area (Å²) in [5, 5.41) is 7.67. The smallest absolute Gasteiger partial charge is 0.377 e. The van der Waals surface area contributed by atoms with Gasteiger partial charge in [-0.05, 0) is 132 Å². The Morgan fingerprint density at radius 3 is 1.83 bits per heavy atom. The number of hydrogen-bond donors (Lipinski definition) is 3. The zero-order valence-corrected chi connectivity index (χ0v) is 64.5. The van der Waals surface area contributed by atoms with Crippen molar-refractivity contribution in [3.63, 3.8) is 0 Å². The fraction of sp³-hybridized carbons (Fsp3) is 0.840. The van der Waals surface area contributed by atoms with Gasteiger partial charge in [-0.3, -0.25) is 57.5 Å². The number of halogens is 4. The Balaban J connectivity index is 1.17. The van der Waals surface area contributed by atoms with Gasteiger partial charge in [-0.15, -0.1) is 11.6 Å². The van der Waals surface area contributed by atoms with Gasteiger partial charge in [-0.25, -0.2) is 0 Å². The molecule has 25 nitrogen and oxygen atoms in total. The Bertz CT molecular complexity index is 3060. The number of carbonyl (C=O) groups excluding carboxylic acids is 12. The van der Waals surface area contributed by atoms with Crippen LogP contribution in [0, 0.1) is 41.4 Å². The van der Waals surface area contributed by atoms with Gasteiger partial charge in [0.1, 0.15) is 47.8 Å². The SMILES string of the molecule is CC[C@H](C)[C@@H]1NC(=O)[C@H](CC(C)C)N(C)C(=O)C[C@@H](C(=O)N2C3CCC2COC3)N(C)C(=O)[C@H](C2CCCCC2)N(C)C(=O)C2(CCCC2)NC(=O)[C@@H]2CCCN2C(=O)[C@H](CCC2CCC(C(F)(F)F)C(Cl)C2)NC(=O)CN(C)C(=O)[C@H](CC2CCC(C)CC2)N(C)C(=O)CN(C)C(=O)CN(C)C1=O. The Labute approximate surface area is 618 Å². The van der Waals surface area contributed by atoms with Gasteiger partial charge in [0.05, 0.1) is 57.3 Å². The first kappa shape index (κ1) is 83.3. The van der Waals surface area contributed by atoms with Crippen LogP contribution in [-0.2, 0) is 62.3 Å². The molecule has 2 bridgehead atoms. The summed E-state index contributed by atoms with van der Waals surface area (Å²) in [5.41, 5.74) is -1.57. The molecular formula is C75H120ClF3N12O13. The monoisotopic (exact) mass is 1490 g/mol. The third kappa shape index (κ3) is 20.1. The molecule has 4 aliphatic carbocycles. The minimum absolute atomic E-state index is 0.00126. The highest BCUT2D eigenvalue weighted by molar-refractivity contribution is 6.21. The summed E-state index contributed by atoms with van der Waals surface area (Å²) in [6, 6.07) is -9.33. The molecule has 104 heavy (non-hydrogen) atoms. The number of likely N-dealkylation sites (N-methyl/N-ethyl adjacent to an activating group) is 7. The van der Waals surface area contributed by atoms with Crippen LogP contribution in [0.3, 0.4) is 0 Å². The predicted molar refractivity (Wildman–Crippen MR) is 383 cm³/mol. The van der Waals surface area contributed by atoms with Gasteiger partial charge < -0.3 is 64.8 Å². The van der Waals surface area contributed by atoms with E-state index >= 15 is 28.8 Å². The van der Waals surface area contributed by atoms with E-state index in [9.17, 15) is 41.9 Å². The van der Waals surface area contributed by atoms with Gasteiger partial charge in [-0.1, -0.05) is 98.8 Å². The molecule has 8 rings (SSSR count). The first-order valence-corrected chi connectivity index (χ1v) is 39.1. The Morgan fingerprint density at radius 1 is 0.615 bits per heavy atom. The second-order valence-electron chi connectivity index (χ2n) is 32.6. The van der Waals surface area contributed by atoms with Crippen LogP contribution in [0.25, 0.3) is 0 Å². The molecule has 0 aromatic rings. The van der Waals surface area contributed by atoms with E-state index in [2.05, 4.69) is 22.9 Å². The van der Waals surface area contributed by atoms with Crippen molar-refractivity contribution in [2.45, 2.75) is 273 Å². The number of amides is 12. The van der Waals surface area contributed by atoms with Crippen molar-refractivity contribution in [1.82, 2.24) is 60.0 Å². The predicted octanol–water partition coefficient (Wildman–Crippen LogP) is 6.11. The largest absolute Gasteiger partial charge is 0.393 e. The van der Waals surface area contributed by atoms with E-state index in [1.54, 1.807) is 11.8 Å². The summed E-state index contributed by atoms with van der Waals surface area (Å²) in [5.74, 6) is -10.2. The highest BCUT2D eigenvalue weighted by Gasteiger charge is 2.53. The number of fused-ring (bicyclic) bond motifs is 3. The van der Waals surface area contributed by atoms with Gasteiger partial charge in [-0.2, -0.15) is 13.2 Å². The van der Waals surface area contributed by atoms with Crippen molar-refractivity contribution in [2.75, 3.05) is 88.7 Å². The Morgan fingerprint density at radius 2 is 1.22 bits per heavy atom. The quantitative estimate of drug-likeness (QED) is 0.197. The van der Waals surface area contributed by atoms with E-state index in [-0.39, 0.29) is 114 Å². The van der Waals surface area contributed by atoms with Crippen LogP contribution in [0.2, 0.25) is 0 Å². The van der Waals surface area contributed by atoms with Crippen LogP contribution < -0.4 is 16.0 Å². The van der Waals surface area contributed by atoms with Gasteiger partial charge in [0.15, 0.2) is 0 Å². The maximum atomic E-state index is 16.0. The molecule has 8 fully saturated rings. The average Bonchev–Trinajstić information content (AvgIpc) is 1.56. The molecule has 3 N–H and O–H groups in total. The van der Waals surface area contributed by atoms with E-state index in [1.807, 2.05) is 20.8 Å². The number of rotatable bonds is 11. The van der Waals surface area contributed by atoms with E-state index in [4.69, 9.17) is 16.3 Å². The van der Waals surface area contributed by atoms with Crippen LogP contribution in [0.5, 0.6) is 0 Å². The van der Waals surface area contributed by atoms with Crippen LogP contribution in [0.1, 0.15) is 202 Å². The first-order chi connectivity index (χ1) is 49.1. The molecular weight excluding hydrogens is 1370 g/mol. The van der Waals surface area contributed by atoms with Crippen molar-refractivity contribution in [3.8, 4) is 0 Å². The van der Waals surface area contributed by atoms with E-state index in [1.165, 1.54) is 78.7 Å². The zero-order chi connectivity index (χ0) is 76.4. The summed E-state index contributed by atoms with van der Waals surface area (Å²) < 4.78 is 48.1. The van der Waals surface area contributed by atoms with Crippen LogP contribution >= 0.6 is 11.6 Å². The lowest BCUT2D eigenvalue weighted by Gasteiger charge is -2.44. The van der Waals surface area contributed by atoms with Crippen molar-refractivity contribution in [1.29, 1.82) is 0 Å². The minimum atomic E-state index is -4.51. The summed E-state index contributed by atoms with van der Waals surface area (Å²) in [6.45, 7) is 8.44. The summed E-state index contributed by atoms with van der Waals surface area (Å²) in [6.07, 6.45) is 5.71. The highest BCUT2D eigenvalue weighted by atomic mass is 35.5. The summed E-state index contributed by atoms with van der Waals surface area (Å²) >= 11 is 6.43. The molecule has 0 aromatic carbocycles. The standard InChI is InChI=1S/C75H120ClF3N12O13/c1-13-47(5)64-71(101)85(8)41-62(94)83(6)42-63(95)87(10)58(38-49-25-23-46(4)24-26-49)69(99)84(7)40-60(92)80-55(32-28-48-27-31-53(54(76)37-48)75(77,78)79)68(98)90-35-19-22-56(90)67(97)82-74(33-17-18-34-74)73(103)89(12)65(50-20-15-14-16-21-50)72(102)88(11)59(70(100)91-51-29-30-52(91)44-104-43-51)39-61(93)86(9)57(36-45(2)3)66(96)81-64/h45-59,64-65H,13-44H2,1-12H3,(H,80,92)(H,81,96)(H,82,97)/t46?,47-,48?,49?,51?,52?,53?,54?,55-,56-,57-,58-,59-,64-,65-/m0/s1. The lowest BCUT2D eigenvalue weighted by atomic mass is 9.78. The molecule has 4 saturated heterocycles. The highest BCUT2D eigenvalue weighted by Crippen LogP contribution is 2.44. The van der Waals surface area contributed by atoms with E-state index in [0.29, 0.717) is 57.3 Å². The number of ether oxygens (including phenoxy) is 1. The van der Waals surface area contributed by atoms with E-state index < -0.39 is 174 Å². The zero-order valence-electron chi connectivity index (χ0n) is 63.8. The van der Waals surface area contributed by atoms with Crippen molar-refractivity contribution < 1.29 is 75.4 Å². The van der Waals surface area contributed by atoms with Crippen LogP contribution in [0.4, 0.5) is 13.2 Å². The summed E-state index contributed by atoms with van der Waals surface area (Å²) in [7, 11) is 10.1. The molecule has 8 aliphatic rings. The third-order valence-corrected chi connectivity index (χ3v) is 25.2. The molecule has 29 heteroatoms. The van der Waals surface area contributed by atoms with Crippen LogP contribution in [0.15, 0.2) is 0 Å². The number of morpholine rings is 1. The molecule has 5 unspecified atom stereocenters. The maximum Gasteiger partial charge on any atom is 0.393 e. The third-order valence-electron chi connectivity index (χ3n) is 24.7. The van der Waals surface area contributed by atoms with Gasteiger partial charge in [0.2, 0.25) is 70.9 Å². The Kier molecular flexibility index (Phi) is 29.3. The maximum absolute atomic E-state index is 16.0. The molecule has 1 spiro atoms.